The van der Waals surface area contributed by atoms with Crippen molar-refractivity contribution >= 4 is 23.5 Å². The lowest BCUT2D eigenvalue weighted by atomic mass is 9.79. The lowest BCUT2D eigenvalue weighted by Gasteiger charge is -2.30. The standard InChI is InChI=1S/C18H22ClNO4/c19-13-5-3-4-12(10-13)18(8-1-2-9-18)11-20-16(21)14-6-7-15(24-14)17(22)23/h3-5,10,14-15H,1-2,6-9,11H2,(H,20,21)(H,22,23)/t14-,15+/m0/s1. The highest BCUT2D eigenvalue weighted by Gasteiger charge is 2.38. The van der Waals surface area contributed by atoms with E-state index in [0.717, 1.165) is 31.2 Å². The highest BCUT2D eigenvalue weighted by molar-refractivity contribution is 6.30. The van der Waals surface area contributed by atoms with Gasteiger partial charge in [-0.25, -0.2) is 4.79 Å². The van der Waals surface area contributed by atoms with E-state index in [1.54, 1.807) is 0 Å². The molecule has 0 bridgehead atoms. The number of carboxylic acid groups (broad SMARTS) is 1. The maximum atomic E-state index is 12.4. The second kappa shape index (κ2) is 7.11. The highest BCUT2D eigenvalue weighted by atomic mass is 35.5. The van der Waals surface area contributed by atoms with E-state index in [1.165, 1.54) is 0 Å². The normalized spacial score (nSPS) is 25.5. The van der Waals surface area contributed by atoms with Crippen molar-refractivity contribution in [3.8, 4) is 0 Å². The van der Waals surface area contributed by atoms with Gasteiger partial charge in [-0.1, -0.05) is 36.6 Å². The van der Waals surface area contributed by atoms with Crippen molar-refractivity contribution in [3.05, 3.63) is 34.9 Å². The summed E-state index contributed by atoms with van der Waals surface area (Å²) in [5.74, 6) is -1.22. The number of hydrogen-bond acceptors (Lipinski definition) is 3. The number of ether oxygens (including phenoxy) is 1. The van der Waals surface area contributed by atoms with Crippen LogP contribution >= 0.6 is 11.6 Å². The molecule has 1 aliphatic carbocycles. The lowest BCUT2D eigenvalue weighted by Crippen LogP contribution is -2.43. The Morgan fingerprint density at radius 3 is 2.58 bits per heavy atom. The molecule has 5 nitrogen and oxygen atoms in total. The molecule has 1 saturated carbocycles. The van der Waals surface area contributed by atoms with E-state index in [2.05, 4.69) is 11.4 Å². The zero-order valence-electron chi connectivity index (χ0n) is 13.5. The van der Waals surface area contributed by atoms with Crippen molar-refractivity contribution in [1.29, 1.82) is 0 Å². The van der Waals surface area contributed by atoms with Gasteiger partial charge in [-0.05, 0) is 43.4 Å². The van der Waals surface area contributed by atoms with Gasteiger partial charge in [0.1, 0.15) is 6.10 Å². The van der Waals surface area contributed by atoms with Crippen molar-refractivity contribution in [2.24, 2.45) is 0 Å². The average Bonchev–Trinajstić information content (AvgIpc) is 3.23. The number of amides is 1. The molecule has 0 unspecified atom stereocenters. The largest absolute Gasteiger partial charge is 0.479 e. The van der Waals surface area contributed by atoms with Crippen LogP contribution < -0.4 is 5.32 Å². The molecule has 0 radical (unpaired) electrons. The molecule has 1 aromatic carbocycles. The van der Waals surface area contributed by atoms with E-state index in [4.69, 9.17) is 21.4 Å². The van der Waals surface area contributed by atoms with Gasteiger partial charge < -0.3 is 15.2 Å². The Hall–Kier alpha value is -1.59. The molecule has 1 amide bonds. The van der Waals surface area contributed by atoms with E-state index in [1.807, 2.05) is 18.2 Å². The first kappa shape index (κ1) is 17.2. The third-order valence-corrected chi connectivity index (χ3v) is 5.42. The van der Waals surface area contributed by atoms with E-state index in [9.17, 15) is 9.59 Å². The first-order valence-corrected chi connectivity index (χ1v) is 8.80. The maximum Gasteiger partial charge on any atom is 0.332 e. The van der Waals surface area contributed by atoms with Crippen LogP contribution in [-0.2, 0) is 19.7 Å². The van der Waals surface area contributed by atoms with Gasteiger partial charge in [0.05, 0.1) is 0 Å². The molecular weight excluding hydrogens is 330 g/mol. The van der Waals surface area contributed by atoms with E-state index >= 15 is 0 Å². The number of nitrogens with one attached hydrogen (secondary N) is 1. The second-order valence-corrected chi connectivity index (χ2v) is 7.18. The van der Waals surface area contributed by atoms with Gasteiger partial charge in [-0.15, -0.1) is 0 Å². The van der Waals surface area contributed by atoms with Gasteiger partial charge in [0.15, 0.2) is 6.10 Å². The van der Waals surface area contributed by atoms with E-state index in [-0.39, 0.29) is 11.3 Å². The SMILES string of the molecule is O=C(NCC1(c2cccc(Cl)c2)CCCC1)[C@@H]1CC[C@H](C(=O)O)O1. The molecule has 1 heterocycles. The van der Waals surface area contributed by atoms with Crippen molar-refractivity contribution < 1.29 is 19.4 Å². The number of carbonyl (C=O) groups is 2. The van der Waals surface area contributed by atoms with Crippen LogP contribution in [0.5, 0.6) is 0 Å². The number of rotatable bonds is 5. The van der Waals surface area contributed by atoms with Crippen molar-refractivity contribution in [1.82, 2.24) is 5.32 Å². The third-order valence-electron chi connectivity index (χ3n) is 5.19. The Kier molecular flexibility index (Phi) is 5.11. The lowest BCUT2D eigenvalue weighted by molar-refractivity contribution is -0.151. The van der Waals surface area contributed by atoms with E-state index < -0.39 is 18.2 Å². The fraction of sp³-hybridized carbons (Fsp3) is 0.556. The maximum absolute atomic E-state index is 12.4. The summed E-state index contributed by atoms with van der Waals surface area (Å²) < 4.78 is 5.32. The summed E-state index contributed by atoms with van der Waals surface area (Å²) in [5.41, 5.74) is 1.06. The Labute approximate surface area is 146 Å². The molecule has 2 N–H and O–H groups in total. The van der Waals surface area contributed by atoms with Gasteiger partial charge in [-0.2, -0.15) is 0 Å². The van der Waals surface area contributed by atoms with Gasteiger partial charge in [-0.3, -0.25) is 4.79 Å². The van der Waals surface area contributed by atoms with Gasteiger partial charge in [0.2, 0.25) is 5.91 Å². The predicted molar refractivity (Wildman–Crippen MR) is 90.1 cm³/mol. The molecule has 0 spiro atoms. The Balaban J connectivity index is 1.65. The molecule has 130 valence electrons. The Morgan fingerprint density at radius 1 is 1.25 bits per heavy atom. The third kappa shape index (κ3) is 3.57. The van der Waals surface area contributed by atoms with Gasteiger partial charge >= 0.3 is 5.97 Å². The molecule has 1 aliphatic heterocycles. The molecule has 1 saturated heterocycles. The van der Waals surface area contributed by atoms with Crippen molar-refractivity contribution in [2.75, 3.05) is 6.54 Å². The van der Waals surface area contributed by atoms with Crippen LogP contribution in [0.4, 0.5) is 0 Å². The molecule has 2 fully saturated rings. The molecule has 2 atom stereocenters. The van der Waals surface area contributed by atoms with Crippen LogP contribution in [0.25, 0.3) is 0 Å². The summed E-state index contributed by atoms with van der Waals surface area (Å²) in [4.78, 5) is 23.3. The first-order chi connectivity index (χ1) is 11.5. The minimum atomic E-state index is -1.00. The predicted octanol–water partition coefficient (Wildman–Crippen LogP) is 2.90. The summed E-state index contributed by atoms with van der Waals surface area (Å²) in [5, 5.41) is 12.6. The van der Waals surface area contributed by atoms with E-state index in [0.29, 0.717) is 24.4 Å². The number of benzene rings is 1. The molecule has 3 rings (SSSR count). The molecule has 2 aliphatic rings. The van der Waals surface area contributed by atoms with Crippen LogP contribution in [-0.4, -0.2) is 35.7 Å². The molecule has 1 aromatic rings. The molecule has 24 heavy (non-hydrogen) atoms. The minimum absolute atomic E-state index is 0.0919. The van der Waals surface area contributed by atoms with Gasteiger partial charge in [0.25, 0.3) is 0 Å². The van der Waals surface area contributed by atoms with Crippen LogP contribution in [0.3, 0.4) is 0 Å². The summed E-state index contributed by atoms with van der Waals surface area (Å²) in [6.45, 7) is 0.532. The first-order valence-electron chi connectivity index (χ1n) is 8.42. The fourth-order valence-electron chi connectivity index (χ4n) is 3.82. The number of carboxylic acids is 1. The number of carbonyl (C=O) groups excluding carboxylic acids is 1. The second-order valence-electron chi connectivity index (χ2n) is 6.74. The molecular formula is C18H22ClNO4. The van der Waals surface area contributed by atoms with Crippen LogP contribution in [0.1, 0.15) is 44.1 Å². The smallest absolute Gasteiger partial charge is 0.332 e. The number of aliphatic carboxylic acids is 1. The Morgan fingerprint density at radius 2 is 1.96 bits per heavy atom. The summed E-state index contributed by atoms with van der Waals surface area (Å²) in [6.07, 6.45) is 3.58. The van der Waals surface area contributed by atoms with Crippen molar-refractivity contribution in [3.63, 3.8) is 0 Å². The Bertz CT molecular complexity index is 627. The highest BCUT2D eigenvalue weighted by Crippen LogP contribution is 2.41. The average molecular weight is 352 g/mol. The monoisotopic (exact) mass is 351 g/mol. The summed E-state index contributed by atoms with van der Waals surface area (Å²) >= 11 is 6.13. The number of hydrogen-bond donors (Lipinski definition) is 2. The fourth-order valence-corrected chi connectivity index (χ4v) is 4.01. The van der Waals surface area contributed by atoms with Gasteiger partial charge in [0, 0.05) is 17.0 Å². The quantitative estimate of drug-likeness (QED) is 0.855. The topological polar surface area (TPSA) is 75.6 Å². The zero-order chi connectivity index (χ0) is 17.2. The summed E-state index contributed by atoms with van der Waals surface area (Å²) in [6, 6.07) is 7.84. The van der Waals surface area contributed by atoms with Crippen LogP contribution in [0, 0.1) is 0 Å². The van der Waals surface area contributed by atoms with Crippen molar-refractivity contribution in [2.45, 2.75) is 56.1 Å². The van der Waals surface area contributed by atoms with Crippen LogP contribution in [0.2, 0.25) is 5.02 Å². The molecule has 6 heteroatoms. The zero-order valence-corrected chi connectivity index (χ0v) is 14.2. The number of halogens is 1. The van der Waals surface area contributed by atoms with Crippen LogP contribution in [0.15, 0.2) is 24.3 Å². The minimum Gasteiger partial charge on any atom is -0.479 e. The summed E-state index contributed by atoms with van der Waals surface area (Å²) in [7, 11) is 0. The molecule has 0 aromatic heterocycles.